The first-order valence-electron chi connectivity index (χ1n) is 5.19. The highest BCUT2D eigenvalue weighted by Crippen LogP contribution is 2.22. The van der Waals surface area contributed by atoms with Crippen LogP contribution >= 0.6 is 0 Å². The molecule has 1 aromatic carbocycles. The van der Waals surface area contributed by atoms with Crippen LogP contribution in [0.25, 0.3) is 0 Å². The molecule has 0 aliphatic carbocycles. The van der Waals surface area contributed by atoms with Crippen LogP contribution in [0.2, 0.25) is 0 Å². The van der Waals surface area contributed by atoms with Gasteiger partial charge in [-0.15, -0.1) is 0 Å². The number of rotatable bonds is 4. The number of Topliss-reactive ketones (excluding diaryl/α,β-unsaturated/α-hetero) is 1. The van der Waals surface area contributed by atoms with E-state index < -0.39 is 11.6 Å². The maximum Gasteiger partial charge on any atom is 0.167 e. The van der Waals surface area contributed by atoms with Crippen LogP contribution in [0.15, 0.2) is 12.1 Å². The average Bonchev–Trinajstić information content (AvgIpc) is 2.17. The molecule has 0 aromatic heterocycles. The standard InChI is InChI=1S/C12H15F2NO/c1-7(2)8-5-9(12(16)3-4-15)11(14)6-10(8)13/h5-7H,3-4,15H2,1-2H3. The van der Waals surface area contributed by atoms with Gasteiger partial charge in [-0.1, -0.05) is 13.8 Å². The molecule has 1 aromatic rings. The molecular formula is C12H15F2NO. The van der Waals surface area contributed by atoms with E-state index >= 15 is 0 Å². The number of benzene rings is 1. The summed E-state index contributed by atoms with van der Waals surface area (Å²) in [5, 5.41) is 0. The minimum Gasteiger partial charge on any atom is -0.330 e. The molecule has 4 heteroatoms. The summed E-state index contributed by atoms with van der Waals surface area (Å²) >= 11 is 0. The third kappa shape index (κ3) is 2.64. The maximum absolute atomic E-state index is 13.4. The molecule has 0 heterocycles. The first kappa shape index (κ1) is 12.8. The molecule has 0 amide bonds. The Hall–Kier alpha value is -1.29. The molecule has 0 aliphatic heterocycles. The maximum atomic E-state index is 13.4. The molecule has 0 radical (unpaired) electrons. The third-order valence-corrected chi connectivity index (χ3v) is 2.38. The van der Waals surface area contributed by atoms with Gasteiger partial charge in [-0.05, 0) is 24.1 Å². The first-order valence-corrected chi connectivity index (χ1v) is 5.19. The Kier molecular flexibility index (Phi) is 4.12. The van der Waals surface area contributed by atoms with Crippen molar-refractivity contribution in [1.82, 2.24) is 0 Å². The molecule has 2 N–H and O–H groups in total. The predicted molar refractivity (Wildman–Crippen MR) is 58.4 cm³/mol. The van der Waals surface area contributed by atoms with Crippen molar-refractivity contribution in [3.63, 3.8) is 0 Å². The second-order valence-electron chi connectivity index (χ2n) is 3.97. The molecule has 0 spiro atoms. The molecule has 0 saturated heterocycles. The van der Waals surface area contributed by atoms with Crippen LogP contribution in [0, 0.1) is 11.6 Å². The van der Waals surface area contributed by atoms with Crippen LogP contribution in [0.3, 0.4) is 0 Å². The second-order valence-corrected chi connectivity index (χ2v) is 3.97. The summed E-state index contributed by atoms with van der Waals surface area (Å²) in [5.74, 6) is -1.91. The van der Waals surface area contributed by atoms with Gasteiger partial charge < -0.3 is 5.73 Å². The molecule has 16 heavy (non-hydrogen) atoms. The van der Waals surface area contributed by atoms with E-state index in [9.17, 15) is 13.6 Å². The molecule has 2 nitrogen and oxygen atoms in total. The smallest absolute Gasteiger partial charge is 0.167 e. The van der Waals surface area contributed by atoms with E-state index in [-0.39, 0.29) is 30.2 Å². The van der Waals surface area contributed by atoms with Gasteiger partial charge in [0.15, 0.2) is 5.78 Å². The van der Waals surface area contributed by atoms with Crippen LogP contribution < -0.4 is 5.73 Å². The van der Waals surface area contributed by atoms with Gasteiger partial charge in [0.2, 0.25) is 0 Å². The number of carbonyl (C=O) groups excluding carboxylic acids is 1. The normalized spacial score (nSPS) is 10.9. The van der Waals surface area contributed by atoms with Crippen LogP contribution in [0.1, 0.15) is 42.1 Å². The van der Waals surface area contributed by atoms with E-state index in [1.165, 1.54) is 6.07 Å². The van der Waals surface area contributed by atoms with Crippen molar-refractivity contribution < 1.29 is 13.6 Å². The fraction of sp³-hybridized carbons (Fsp3) is 0.417. The van der Waals surface area contributed by atoms with Gasteiger partial charge in [0.05, 0.1) is 5.56 Å². The Labute approximate surface area is 93.5 Å². The van der Waals surface area contributed by atoms with Crippen molar-refractivity contribution in [2.45, 2.75) is 26.2 Å². The van der Waals surface area contributed by atoms with Gasteiger partial charge in [0.1, 0.15) is 11.6 Å². The first-order chi connectivity index (χ1) is 7.47. The highest BCUT2D eigenvalue weighted by Gasteiger charge is 2.16. The summed E-state index contributed by atoms with van der Waals surface area (Å²) in [5.41, 5.74) is 5.50. The largest absolute Gasteiger partial charge is 0.330 e. The average molecular weight is 227 g/mol. The van der Waals surface area contributed by atoms with E-state index in [4.69, 9.17) is 5.73 Å². The van der Waals surface area contributed by atoms with Gasteiger partial charge in [-0.3, -0.25) is 4.79 Å². The summed E-state index contributed by atoms with van der Waals surface area (Å²) in [6.07, 6.45) is 0.0695. The molecule has 0 bridgehead atoms. The number of hydrogen-bond donors (Lipinski definition) is 1. The Morgan fingerprint density at radius 2 is 1.94 bits per heavy atom. The zero-order valence-electron chi connectivity index (χ0n) is 9.39. The SMILES string of the molecule is CC(C)c1cc(C(=O)CCN)c(F)cc1F. The molecule has 0 atom stereocenters. The predicted octanol–water partition coefficient (Wildman–Crippen LogP) is 2.62. The van der Waals surface area contributed by atoms with Gasteiger partial charge in [0.25, 0.3) is 0 Å². The Balaban J connectivity index is 3.19. The zero-order valence-corrected chi connectivity index (χ0v) is 9.39. The fourth-order valence-electron chi connectivity index (χ4n) is 1.49. The Morgan fingerprint density at radius 1 is 1.31 bits per heavy atom. The fourth-order valence-corrected chi connectivity index (χ4v) is 1.49. The van der Waals surface area contributed by atoms with E-state index in [1.807, 2.05) is 0 Å². The van der Waals surface area contributed by atoms with E-state index in [0.717, 1.165) is 6.07 Å². The topological polar surface area (TPSA) is 43.1 Å². The van der Waals surface area contributed by atoms with E-state index in [0.29, 0.717) is 5.56 Å². The summed E-state index contributed by atoms with van der Waals surface area (Å²) in [7, 11) is 0. The van der Waals surface area contributed by atoms with Crippen molar-refractivity contribution in [2.75, 3.05) is 6.54 Å². The van der Waals surface area contributed by atoms with Crippen molar-refractivity contribution in [1.29, 1.82) is 0 Å². The summed E-state index contributed by atoms with van der Waals surface area (Å²) in [6.45, 7) is 3.73. The zero-order chi connectivity index (χ0) is 12.3. The number of hydrogen-bond acceptors (Lipinski definition) is 2. The van der Waals surface area contributed by atoms with Crippen molar-refractivity contribution in [2.24, 2.45) is 5.73 Å². The highest BCUT2D eigenvalue weighted by atomic mass is 19.1. The molecular weight excluding hydrogens is 212 g/mol. The van der Waals surface area contributed by atoms with Crippen molar-refractivity contribution >= 4 is 5.78 Å². The lowest BCUT2D eigenvalue weighted by molar-refractivity contribution is 0.0981. The van der Waals surface area contributed by atoms with Gasteiger partial charge in [-0.2, -0.15) is 0 Å². The van der Waals surface area contributed by atoms with E-state index in [1.54, 1.807) is 13.8 Å². The van der Waals surface area contributed by atoms with Crippen LogP contribution in [0.5, 0.6) is 0 Å². The highest BCUT2D eigenvalue weighted by molar-refractivity contribution is 5.96. The minimum atomic E-state index is -0.819. The molecule has 0 saturated carbocycles. The van der Waals surface area contributed by atoms with Crippen LogP contribution in [-0.2, 0) is 0 Å². The van der Waals surface area contributed by atoms with Gasteiger partial charge in [0, 0.05) is 12.5 Å². The second kappa shape index (κ2) is 5.16. The Bertz CT molecular complexity index is 402. The lowest BCUT2D eigenvalue weighted by atomic mass is 9.97. The van der Waals surface area contributed by atoms with Crippen molar-refractivity contribution in [3.05, 3.63) is 34.9 Å². The van der Waals surface area contributed by atoms with Crippen LogP contribution in [-0.4, -0.2) is 12.3 Å². The van der Waals surface area contributed by atoms with E-state index in [2.05, 4.69) is 0 Å². The van der Waals surface area contributed by atoms with Gasteiger partial charge in [-0.25, -0.2) is 8.78 Å². The number of halogens is 2. The molecule has 1 rings (SSSR count). The quantitative estimate of drug-likeness (QED) is 0.803. The molecule has 0 unspecified atom stereocenters. The lowest BCUT2D eigenvalue weighted by Gasteiger charge is -2.10. The molecule has 0 aliphatic rings. The number of ketones is 1. The van der Waals surface area contributed by atoms with Crippen molar-refractivity contribution in [3.8, 4) is 0 Å². The molecule has 88 valence electrons. The summed E-state index contributed by atoms with van der Waals surface area (Å²) < 4.78 is 26.7. The summed E-state index contributed by atoms with van der Waals surface area (Å²) in [4.78, 5) is 11.5. The lowest BCUT2D eigenvalue weighted by Crippen LogP contribution is -2.11. The minimum absolute atomic E-state index is 0.0695. The van der Waals surface area contributed by atoms with Gasteiger partial charge >= 0.3 is 0 Å². The monoisotopic (exact) mass is 227 g/mol. The Morgan fingerprint density at radius 3 is 2.44 bits per heavy atom. The number of nitrogens with two attached hydrogens (primary N) is 1. The number of carbonyl (C=O) groups is 1. The van der Waals surface area contributed by atoms with Crippen LogP contribution in [0.4, 0.5) is 8.78 Å². The molecule has 0 fully saturated rings. The summed E-state index contributed by atoms with van der Waals surface area (Å²) in [6, 6.07) is 2.05. The third-order valence-electron chi connectivity index (χ3n) is 2.38.